The molecule has 14 heavy (non-hydrogen) atoms. The van der Waals surface area contributed by atoms with Crippen molar-refractivity contribution < 1.29 is 18.3 Å². The van der Waals surface area contributed by atoms with Crippen LogP contribution in [0.5, 0.6) is 0 Å². The lowest BCUT2D eigenvalue weighted by molar-refractivity contribution is -0.141. The third-order valence-electron chi connectivity index (χ3n) is 1.77. The molecule has 1 heterocycles. The molecule has 1 rings (SSSR count). The summed E-state index contributed by atoms with van der Waals surface area (Å²) in [5, 5.41) is 12.5. The Hall–Kier alpha value is -1.08. The molecule has 3 N–H and O–H groups in total. The van der Waals surface area contributed by atoms with E-state index in [4.69, 9.17) is 5.73 Å². The molecule has 0 aliphatic carbocycles. The van der Waals surface area contributed by atoms with Gasteiger partial charge in [-0.25, -0.2) is 0 Å². The van der Waals surface area contributed by atoms with Crippen molar-refractivity contribution in [1.29, 1.82) is 0 Å². The SMILES string of the molecule is Cn1nc(C(F)(F)F)cc1[C@@H](O)CN. The first kappa shape index (κ1) is 11.0. The van der Waals surface area contributed by atoms with Gasteiger partial charge in [0.05, 0.1) is 5.69 Å². The molecule has 0 saturated carbocycles. The van der Waals surface area contributed by atoms with Gasteiger partial charge in [0.15, 0.2) is 5.69 Å². The number of hydrogen-bond donors (Lipinski definition) is 2. The first-order valence-corrected chi connectivity index (χ1v) is 3.85. The summed E-state index contributed by atoms with van der Waals surface area (Å²) >= 11 is 0. The summed E-state index contributed by atoms with van der Waals surface area (Å²) in [5.41, 5.74) is 4.15. The summed E-state index contributed by atoms with van der Waals surface area (Å²) in [6.45, 7) is -0.142. The number of halogens is 3. The van der Waals surface area contributed by atoms with Crippen molar-refractivity contribution in [3.05, 3.63) is 17.5 Å². The molecule has 0 aliphatic rings. The number of nitrogens with two attached hydrogens (primary N) is 1. The van der Waals surface area contributed by atoms with E-state index >= 15 is 0 Å². The van der Waals surface area contributed by atoms with Gasteiger partial charge < -0.3 is 10.8 Å². The monoisotopic (exact) mass is 209 g/mol. The lowest BCUT2D eigenvalue weighted by Crippen LogP contribution is -2.14. The Labute approximate surface area is 78.1 Å². The minimum atomic E-state index is -4.50. The zero-order valence-corrected chi connectivity index (χ0v) is 7.41. The Bertz CT molecular complexity index is 320. The summed E-state index contributed by atoms with van der Waals surface area (Å²) in [7, 11) is 1.32. The minimum Gasteiger partial charge on any atom is -0.385 e. The Morgan fingerprint density at radius 2 is 2.21 bits per heavy atom. The van der Waals surface area contributed by atoms with Crippen LogP contribution in [0, 0.1) is 0 Å². The first-order valence-electron chi connectivity index (χ1n) is 3.85. The molecule has 1 aromatic rings. The van der Waals surface area contributed by atoms with Crippen molar-refractivity contribution in [2.45, 2.75) is 12.3 Å². The summed E-state index contributed by atoms with van der Waals surface area (Å²) in [4.78, 5) is 0. The molecule has 0 spiro atoms. The zero-order chi connectivity index (χ0) is 10.9. The molecule has 1 aromatic heterocycles. The van der Waals surface area contributed by atoms with E-state index in [0.29, 0.717) is 0 Å². The molecule has 0 radical (unpaired) electrons. The fourth-order valence-corrected chi connectivity index (χ4v) is 1.05. The molecule has 4 nitrogen and oxygen atoms in total. The van der Waals surface area contributed by atoms with Crippen molar-refractivity contribution in [2.24, 2.45) is 12.8 Å². The normalized spacial score (nSPS) is 14.4. The van der Waals surface area contributed by atoms with Crippen LogP contribution in [-0.4, -0.2) is 21.4 Å². The second kappa shape index (κ2) is 3.58. The second-order valence-electron chi connectivity index (χ2n) is 2.83. The van der Waals surface area contributed by atoms with Crippen LogP contribution in [-0.2, 0) is 13.2 Å². The largest absolute Gasteiger partial charge is 0.435 e. The highest BCUT2D eigenvalue weighted by atomic mass is 19.4. The summed E-state index contributed by atoms with van der Waals surface area (Å²) in [6, 6.07) is 0.789. The number of aromatic nitrogens is 2. The van der Waals surface area contributed by atoms with Gasteiger partial charge in [-0.3, -0.25) is 4.68 Å². The third kappa shape index (κ3) is 2.05. The van der Waals surface area contributed by atoms with E-state index < -0.39 is 18.0 Å². The molecule has 7 heteroatoms. The lowest BCUT2D eigenvalue weighted by Gasteiger charge is -2.06. The molecule has 0 bridgehead atoms. The number of aryl methyl sites for hydroxylation is 1. The predicted octanol–water partition coefficient (Wildman–Crippen LogP) is 0.431. The molecular formula is C7H10F3N3O. The van der Waals surface area contributed by atoms with Crippen LogP contribution in [0.4, 0.5) is 13.2 Å². The molecule has 0 unspecified atom stereocenters. The van der Waals surface area contributed by atoms with Gasteiger partial charge in [-0.05, 0) is 6.07 Å². The van der Waals surface area contributed by atoms with Gasteiger partial charge in [0, 0.05) is 13.6 Å². The summed E-state index contributed by atoms with van der Waals surface area (Å²) in [5.74, 6) is 0. The Kier molecular flexibility index (Phi) is 2.81. The van der Waals surface area contributed by atoms with Crippen LogP contribution in [0.15, 0.2) is 6.07 Å². The van der Waals surface area contributed by atoms with Crippen LogP contribution in [0.25, 0.3) is 0 Å². The van der Waals surface area contributed by atoms with Gasteiger partial charge in [-0.1, -0.05) is 0 Å². The fourth-order valence-electron chi connectivity index (χ4n) is 1.05. The molecular weight excluding hydrogens is 199 g/mol. The van der Waals surface area contributed by atoms with Gasteiger partial charge in [0.25, 0.3) is 0 Å². The van der Waals surface area contributed by atoms with Crippen molar-refractivity contribution in [3.63, 3.8) is 0 Å². The molecule has 80 valence electrons. The third-order valence-corrected chi connectivity index (χ3v) is 1.77. The van der Waals surface area contributed by atoms with Gasteiger partial charge in [-0.2, -0.15) is 18.3 Å². The number of nitrogens with zero attached hydrogens (tertiary/aromatic N) is 2. The van der Waals surface area contributed by atoms with E-state index in [1.807, 2.05) is 0 Å². The topological polar surface area (TPSA) is 64.1 Å². The van der Waals surface area contributed by atoms with Crippen molar-refractivity contribution in [1.82, 2.24) is 9.78 Å². The van der Waals surface area contributed by atoms with E-state index in [9.17, 15) is 18.3 Å². The number of aliphatic hydroxyl groups excluding tert-OH is 1. The van der Waals surface area contributed by atoms with Crippen molar-refractivity contribution in [3.8, 4) is 0 Å². The molecule has 0 fully saturated rings. The van der Waals surface area contributed by atoms with Crippen molar-refractivity contribution >= 4 is 0 Å². The average Bonchev–Trinajstić information content (AvgIpc) is 2.45. The molecule has 0 saturated heterocycles. The number of aliphatic hydroxyl groups is 1. The van der Waals surface area contributed by atoms with E-state index in [-0.39, 0.29) is 12.2 Å². The van der Waals surface area contributed by atoms with Crippen molar-refractivity contribution in [2.75, 3.05) is 6.54 Å². The van der Waals surface area contributed by atoms with Crippen LogP contribution in [0.2, 0.25) is 0 Å². The highest BCUT2D eigenvalue weighted by Gasteiger charge is 2.35. The molecule has 1 atom stereocenters. The van der Waals surface area contributed by atoms with Gasteiger partial charge in [0.1, 0.15) is 6.10 Å². The predicted molar refractivity (Wildman–Crippen MR) is 42.2 cm³/mol. The van der Waals surface area contributed by atoms with E-state index in [1.54, 1.807) is 0 Å². The lowest BCUT2D eigenvalue weighted by atomic mass is 10.2. The Morgan fingerprint density at radius 3 is 2.57 bits per heavy atom. The smallest absolute Gasteiger partial charge is 0.385 e. The van der Waals surface area contributed by atoms with Crippen LogP contribution < -0.4 is 5.73 Å². The number of hydrogen-bond acceptors (Lipinski definition) is 3. The highest BCUT2D eigenvalue weighted by molar-refractivity contribution is 5.15. The van der Waals surface area contributed by atoms with E-state index in [1.165, 1.54) is 7.05 Å². The fraction of sp³-hybridized carbons (Fsp3) is 0.571. The Morgan fingerprint density at radius 1 is 1.64 bits per heavy atom. The maximum atomic E-state index is 12.2. The highest BCUT2D eigenvalue weighted by Crippen LogP contribution is 2.29. The zero-order valence-electron chi connectivity index (χ0n) is 7.41. The number of alkyl halides is 3. The Balaban J connectivity index is 3.05. The van der Waals surface area contributed by atoms with E-state index in [0.717, 1.165) is 10.7 Å². The molecule has 0 amide bonds. The summed E-state index contributed by atoms with van der Waals surface area (Å²) < 4.78 is 37.5. The van der Waals surface area contributed by atoms with Gasteiger partial charge in [-0.15, -0.1) is 0 Å². The van der Waals surface area contributed by atoms with Crippen LogP contribution in [0.1, 0.15) is 17.5 Å². The average molecular weight is 209 g/mol. The van der Waals surface area contributed by atoms with Crippen LogP contribution in [0.3, 0.4) is 0 Å². The summed E-state index contributed by atoms with van der Waals surface area (Å²) in [6.07, 6.45) is -5.62. The molecule has 0 aromatic carbocycles. The van der Waals surface area contributed by atoms with Gasteiger partial charge in [0.2, 0.25) is 0 Å². The maximum absolute atomic E-state index is 12.2. The van der Waals surface area contributed by atoms with Gasteiger partial charge >= 0.3 is 6.18 Å². The molecule has 0 aliphatic heterocycles. The number of rotatable bonds is 2. The quantitative estimate of drug-likeness (QED) is 0.742. The second-order valence-corrected chi connectivity index (χ2v) is 2.83. The first-order chi connectivity index (χ1) is 6.36. The maximum Gasteiger partial charge on any atom is 0.435 e. The standard InChI is InChI=1S/C7H10F3N3O/c1-13-4(5(14)3-11)2-6(12-13)7(8,9)10/h2,5,14H,3,11H2,1H3/t5-/m0/s1. The van der Waals surface area contributed by atoms with Crippen LogP contribution >= 0.6 is 0 Å². The minimum absolute atomic E-state index is 0.0554. The van der Waals surface area contributed by atoms with E-state index in [2.05, 4.69) is 5.10 Å².